The van der Waals surface area contributed by atoms with Gasteiger partial charge in [-0.1, -0.05) is 58.0 Å². The second-order valence-corrected chi connectivity index (χ2v) is 8.10. The van der Waals surface area contributed by atoms with Gasteiger partial charge in [-0.15, -0.1) is 0 Å². The Labute approximate surface area is 165 Å². The number of allylic oxidation sites excluding steroid dienone is 1. The fourth-order valence-electron chi connectivity index (χ4n) is 3.34. The van der Waals surface area contributed by atoms with Crippen LogP contribution in [0, 0.1) is 11.3 Å². The standard InChI is InChI=1S/C20H16BrN3OS/c21-15-8-6-14(7-9-15)17-10-19(25)24-12-23(16-4-2-1-3-5-16)13-26-20(24)18(17)11-22/h1-9,17H,10,12-13H2. The van der Waals surface area contributed by atoms with E-state index in [0.29, 0.717) is 18.7 Å². The van der Waals surface area contributed by atoms with Gasteiger partial charge in [-0.05, 0) is 29.8 Å². The van der Waals surface area contributed by atoms with E-state index in [1.54, 1.807) is 16.7 Å². The maximum atomic E-state index is 12.9. The molecule has 1 saturated heterocycles. The summed E-state index contributed by atoms with van der Waals surface area (Å²) in [5.74, 6) is 0.629. The number of anilines is 1. The van der Waals surface area contributed by atoms with Crippen LogP contribution in [0.3, 0.4) is 0 Å². The molecule has 130 valence electrons. The number of fused-ring (bicyclic) bond motifs is 1. The Morgan fingerprint density at radius 1 is 1.12 bits per heavy atom. The molecule has 1 fully saturated rings. The highest BCUT2D eigenvalue weighted by Gasteiger charge is 2.38. The molecule has 0 N–H and O–H groups in total. The quantitative estimate of drug-likeness (QED) is 0.701. The van der Waals surface area contributed by atoms with E-state index < -0.39 is 0 Å². The number of nitriles is 1. The zero-order valence-corrected chi connectivity index (χ0v) is 16.3. The fourth-order valence-corrected chi connectivity index (χ4v) is 4.78. The lowest BCUT2D eigenvalue weighted by atomic mass is 9.86. The Bertz CT molecular complexity index is 905. The first kappa shape index (κ1) is 17.2. The highest BCUT2D eigenvalue weighted by atomic mass is 79.9. The summed E-state index contributed by atoms with van der Waals surface area (Å²) in [5.41, 5.74) is 2.79. The van der Waals surface area contributed by atoms with E-state index >= 15 is 0 Å². The summed E-state index contributed by atoms with van der Waals surface area (Å²) in [4.78, 5) is 16.8. The van der Waals surface area contributed by atoms with Crippen molar-refractivity contribution < 1.29 is 4.79 Å². The van der Waals surface area contributed by atoms with Gasteiger partial charge >= 0.3 is 0 Å². The predicted octanol–water partition coefficient (Wildman–Crippen LogP) is 4.67. The third-order valence-corrected chi connectivity index (χ3v) is 6.37. The van der Waals surface area contributed by atoms with Crippen LogP contribution in [0.25, 0.3) is 0 Å². The van der Waals surface area contributed by atoms with Gasteiger partial charge in [0.2, 0.25) is 5.91 Å². The van der Waals surface area contributed by atoms with Gasteiger partial charge in [0.05, 0.1) is 29.2 Å². The van der Waals surface area contributed by atoms with Gasteiger partial charge in [-0.25, -0.2) is 0 Å². The number of amides is 1. The molecule has 4 rings (SSSR count). The van der Waals surface area contributed by atoms with Crippen molar-refractivity contribution in [3.8, 4) is 6.07 Å². The molecule has 1 amide bonds. The molecule has 2 heterocycles. The summed E-state index contributed by atoms with van der Waals surface area (Å²) in [6, 6.07) is 20.3. The number of carbonyl (C=O) groups excluding carboxylic acids is 1. The molecule has 1 atom stereocenters. The molecule has 0 saturated carbocycles. The van der Waals surface area contributed by atoms with E-state index in [4.69, 9.17) is 0 Å². The van der Waals surface area contributed by atoms with Crippen molar-refractivity contribution in [1.82, 2.24) is 4.90 Å². The number of benzene rings is 2. The molecule has 4 nitrogen and oxygen atoms in total. The fraction of sp³-hybridized carbons (Fsp3) is 0.200. The second kappa shape index (κ2) is 7.18. The second-order valence-electron chi connectivity index (χ2n) is 6.25. The maximum absolute atomic E-state index is 12.9. The highest BCUT2D eigenvalue weighted by Crippen LogP contribution is 2.43. The maximum Gasteiger partial charge on any atom is 0.229 e. The van der Waals surface area contributed by atoms with Crippen LogP contribution in [0.15, 0.2) is 69.7 Å². The van der Waals surface area contributed by atoms with Crippen molar-refractivity contribution in [1.29, 1.82) is 5.26 Å². The zero-order chi connectivity index (χ0) is 18.1. The molecular weight excluding hydrogens is 410 g/mol. The molecule has 6 heteroatoms. The number of hydrogen-bond donors (Lipinski definition) is 0. The van der Waals surface area contributed by atoms with Gasteiger partial charge in [-0.3, -0.25) is 9.69 Å². The van der Waals surface area contributed by atoms with E-state index in [1.165, 1.54) is 0 Å². The number of hydrogen-bond acceptors (Lipinski definition) is 4. The summed E-state index contributed by atoms with van der Waals surface area (Å²) in [6.45, 7) is 0.490. The van der Waals surface area contributed by atoms with E-state index in [2.05, 4.69) is 26.9 Å². The van der Waals surface area contributed by atoms with Crippen molar-refractivity contribution in [3.05, 3.63) is 75.2 Å². The summed E-state index contributed by atoms with van der Waals surface area (Å²) in [7, 11) is 0. The van der Waals surface area contributed by atoms with E-state index in [1.807, 2.05) is 54.6 Å². The monoisotopic (exact) mass is 425 g/mol. The summed E-state index contributed by atoms with van der Waals surface area (Å²) < 4.78 is 0.988. The van der Waals surface area contributed by atoms with E-state index in [-0.39, 0.29) is 11.8 Å². The van der Waals surface area contributed by atoms with Crippen LogP contribution in [-0.4, -0.2) is 23.4 Å². The van der Waals surface area contributed by atoms with Gasteiger partial charge in [0, 0.05) is 22.5 Å². The third kappa shape index (κ3) is 3.13. The summed E-state index contributed by atoms with van der Waals surface area (Å²) in [6.07, 6.45) is 0.331. The highest BCUT2D eigenvalue weighted by molar-refractivity contribution is 9.10. The van der Waals surface area contributed by atoms with Gasteiger partial charge in [0.1, 0.15) is 0 Å². The zero-order valence-electron chi connectivity index (χ0n) is 13.9. The molecule has 26 heavy (non-hydrogen) atoms. The molecule has 0 aliphatic carbocycles. The van der Waals surface area contributed by atoms with Crippen LogP contribution in [0.1, 0.15) is 17.9 Å². The smallest absolute Gasteiger partial charge is 0.229 e. The van der Waals surface area contributed by atoms with Crippen molar-refractivity contribution in [2.24, 2.45) is 0 Å². The van der Waals surface area contributed by atoms with Crippen molar-refractivity contribution in [2.45, 2.75) is 12.3 Å². The van der Waals surface area contributed by atoms with Crippen molar-refractivity contribution in [3.63, 3.8) is 0 Å². The van der Waals surface area contributed by atoms with Gasteiger partial charge < -0.3 is 4.90 Å². The number of thioether (sulfide) groups is 1. The van der Waals surface area contributed by atoms with Crippen LogP contribution >= 0.6 is 27.7 Å². The first-order chi connectivity index (χ1) is 12.7. The largest absolute Gasteiger partial charge is 0.344 e. The first-order valence-electron chi connectivity index (χ1n) is 8.30. The van der Waals surface area contributed by atoms with E-state index in [9.17, 15) is 10.1 Å². The molecule has 2 aromatic rings. The van der Waals surface area contributed by atoms with Gasteiger partial charge in [-0.2, -0.15) is 5.26 Å². The average Bonchev–Trinajstić information content (AvgIpc) is 2.69. The van der Waals surface area contributed by atoms with Crippen molar-refractivity contribution in [2.75, 3.05) is 17.4 Å². The van der Waals surface area contributed by atoms with Crippen LogP contribution in [0.2, 0.25) is 0 Å². The predicted molar refractivity (Wildman–Crippen MR) is 107 cm³/mol. The molecule has 0 aromatic heterocycles. The Kier molecular flexibility index (Phi) is 4.75. The number of halogens is 1. The lowest BCUT2D eigenvalue weighted by molar-refractivity contribution is -0.129. The molecule has 0 bridgehead atoms. The molecule has 2 aliphatic heterocycles. The van der Waals surface area contributed by atoms with Crippen molar-refractivity contribution >= 4 is 39.3 Å². The summed E-state index contributed by atoms with van der Waals surface area (Å²) >= 11 is 5.00. The SMILES string of the molecule is N#CC1=C2SCN(c3ccccc3)CN2C(=O)CC1c1ccc(Br)cc1. The Balaban J connectivity index is 1.67. The lowest BCUT2D eigenvalue weighted by Gasteiger charge is -2.42. The average molecular weight is 426 g/mol. The summed E-state index contributed by atoms with van der Waals surface area (Å²) in [5, 5.41) is 10.6. The number of rotatable bonds is 2. The normalized spacial score (nSPS) is 20.0. The van der Waals surface area contributed by atoms with Crippen LogP contribution in [0.4, 0.5) is 5.69 Å². The lowest BCUT2D eigenvalue weighted by Crippen LogP contribution is -2.47. The van der Waals surface area contributed by atoms with Gasteiger partial charge in [0.15, 0.2) is 0 Å². The minimum Gasteiger partial charge on any atom is -0.344 e. The number of para-hydroxylation sites is 1. The topological polar surface area (TPSA) is 47.3 Å². The van der Waals surface area contributed by atoms with Crippen LogP contribution in [0.5, 0.6) is 0 Å². The molecule has 0 spiro atoms. The minimum absolute atomic E-state index is 0.0695. The van der Waals surface area contributed by atoms with Crippen LogP contribution in [-0.2, 0) is 4.79 Å². The molecule has 0 radical (unpaired) electrons. The molecule has 2 aliphatic rings. The molecule has 1 unspecified atom stereocenters. The Morgan fingerprint density at radius 3 is 2.54 bits per heavy atom. The van der Waals surface area contributed by atoms with Gasteiger partial charge in [0.25, 0.3) is 0 Å². The molecule has 2 aromatic carbocycles. The van der Waals surface area contributed by atoms with Crippen LogP contribution < -0.4 is 4.90 Å². The van der Waals surface area contributed by atoms with E-state index in [0.717, 1.165) is 26.6 Å². The Hall–Kier alpha value is -2.23. The molecular formula is C20H16BrN3OS. The number of nitrogens with zero attached hydrogens (tertiary/aromatic N) is 3. The minimum atomic E-state index is -0.164. The third-order valence-electron chi connectivity index (χ3n) is 4.69. The first-order valence-corrected chi connectivity index (χ1v) is 10.1. The number of carbonyl (C=O) groups is 1. The Morgan fingerprint density at radius 2 is 1.85 bits per heavy atom.